The molecule has 108 valence electrons. The van der Waals surface area contributed by atoms with Crippen LogP contribution in [0, 0.1) is 11.8 Å². The maximum absolute atomic E-state index is 11.6. The standard InChI is InChI=1S/C15H24O4/c1-2-3-4-7-10-19-14(16)11-13(15(17)18)12-8-5-6-9-12/h2,12-13H,1,3-11H2,(H,17,18)/t13-/m0/s1. The maximum atomic E-state index is 11.6. The highest BCUT2D eigenvalue weighted by molar-refractivity contribution is 5.79. The molecule has 0 saturated heterocycles. The van der Waals surface area contributed by atoms with Crippen LogP contribution in [0.1, 0.15) is 51.4 Å². The number of ether oxygens (including phenoxy) is 1. The monoisotopic (exact) mass is 268 g/mol. The predicted octanol–water partition coefficient (Wildman–Crippen LogP) is 3.17. The van der Waals surface area contributed by atoms with E-state index in [2.05, 4.69) is 6.58 Å². The zero-order valence-electron chi connectivity index (χ0n) is 11.5. The van der Waals surface area contributed by atoms with E-state index in [0.29, 0.717) is 6.61 Å². The normalized spacial score (nSPS) is 17.1. The summed E-state index contributed by atoms with van der Waals surface area (Å²) in [6.45, 7) is 4.00. The minimum absolute atomic E-state index is 0.0153. The number of allylic oxidation sites excluding steroid dienone is 1. The number of hydrogen-bond donors (Lipinski definition) is 1. The molecule has 0 amide bonds. The van der Waals surface area contributed by atoms with Gasteiger partial charge in [-0.25, -0.2) is 0 Å². The van der Waals surface area contributed by atoms with Gasteiger partial charge < -0.3 is 9.84 Å². The van der Waals surface area contributed by atoms with Gasteiger partial charge in [-0.05, 0) is 38.0 Å². The summed E-state index contributed by atoms with van der Waals surface area (Å²) in [5.41, 5.74) is 0. The van der Waals surface area contributed by atoms with Gasteiger partial charge in [0.2, 0.25) is 0 Å². The zero-order chi connectivity index (χ0) is 14.1. The lowest BCUT2D eigenvalue weighted by Gasteiger charge is -2.18. The number of carbonyl (C=O) groups excluding carboxylic acids is 1. The van der Waals surface area contributed by atoms with Crippen LogP contribution in [0.25, 0.3) is 0 Å². The Morgan fingerprint density at radius 3 is 2.58 bits per heavy atom. The Labute approximate surface area is 114 Å². The summed E-state index contributed by atoms with van der Waals surface area (Å²) in [7, 11) is 0. The second-order valence-electron chi connectivity index (χ2n) is 5.20. The minimum Gasteiger partial charge on any atom is -0.481 e. The first kappa shape index (κ1) is 15.7. The number of carboxylic acid groups (broad SMARTS) is 1. The summed E-state index contributed by atoms with van der Waals surface area (Å²) in [6.07, 6.45) is 8.51. The largest absolute Gasteiger partial charge is 0.481 e. The summed E-state index contributed by atoms with van der Waals surface area (Å²) in [5, 5.41) is 9.21. The van der Waals surface area contributed by atoms with Crippen LogP contribution >= 0.6 is 0 Å². The van der Waals surface area contributed by atoms with E-state index in [1.54, 1.807) is 0 Å². The number of carbonyl (C=O) groups is 2. The Kier molecular flexibility index (Phi) is 7.23. The molecule has 0 aliphatic heterocycles. The Morgan fingerprint density at radius 2 is 2.00 bits per heavy atom. The molecule has 1 N–H and O–H groups in total. The van der Waals surface area contributed by atoms with Gasteiger partial charge in [0.1, 0.15) is 0 Å². The lowest BCUT2D eigenvalue weighted by atomic mass is 9.88. The van der Waals surface area contributed by atoms with Gasteiger partial charge in [0.25, 0.3) is 0 Å². The average Bonchev–Trinajstić information content (AvgIpc) is 2.89. The number of rotatable bonds is 9. The summed E-state index contributed by atoms with van der Waals surface area (Å²) in [5.74, 6) is -1.66. The third-order valence-electron chi connectivity index (χ3n) is 3.74. The Balaban J connectivity index is 2.27. The van der Waals surface area contributed by atoms with Crippen molar-refractivity contribution in [1.82, 2.24) is 0 Å². The molecule has 1 aliphatic carbocycles. The van der Waals surface area contributed by atoms with Crippen LogP contribution < -0.4 is 0 Å². The highest BCUT2D eigenvalue weighted by Crippen LogP contribution is 2.33. The first-order valence-corrected chi connectivity index (χ1v) is 7.14. The van der Waals surface area contributed by atoms with Crippen molar-refractivity contribution in [3.8, 4) is 0 Å². The van der Waals surface area contributed by atoms with Crippen LogP contribution in [0.3, 0.4) is 0 Å². The molecule has 1 aliphatic rings. The van der Waals surface area contributed by atoms with E-state index in [0.717, 1.165) is 44.9 Å². The second-order valence-corrected chi connectivity index (χ2v) is 5.20. The van der Waals surface area contributed by atoms with E-state index in [1.165, 1.54) is 0 Å². The molecule has 0 aromatic heterocycles. The number of hydrogen-bond acceptors (Lipinski definition) is 3. The molecule has 0 bridgehead atoms. The molecule has 0 aromatic carbocycles. The SMILES string of the molecule is C=CCCCCOC(=O)C[C@H](C(=O)O)C1CCCC1. The molecule has 1 rings (SSSR count). The van der Waals surface area contributed by atoms with Crippen LogP contribution in [0.4, 0.5) is 0 Å². The summed E-state index contributed by atoms with van der Waals surface area (Å²) >= 11 is 0. The number of unbranched alkanes of at least 4 members (excludes halogenated alkanes) is 2. The van der Waals surface area contributed by atoms with E-state index in [1.807, 2.05) is 6.08 Å². The fourth-order valence-electron chi connectivity index (χ4n) is 2.63. The van der Waals surface area contributed by atoms with E-state index in [-0.39, 0.29) is 18.3 Å². The molecule has 0 radical (unpaired) electrons. The van der Waals surface area contributed by atoms with Gasteiger partial charge >= 0.3 is 11.9 Å². The Hall–Kier alpha value is -1.32. The third-order valence-corrected chi connectivity index (χ3v) is 3.74. The second kappa shape index (κ2) is 8.73. The van der Waals surface area contributed by atoms with Crippen LogP contribution in [-0.4, -0.2) is 23.7 Å². The van der Waals surface area contributed by atoms with E-state index >= 15 is 0 Å². The summed E-state index contributed by atoms with van der Waals surface area (Å²) < 4.78 is 5.09. The van der Waals surface area contributed by atoms with Gasteiger partial charge in [-0.3, -0.25) is 9.59 Å². The molecule has 0 heterocycles. The Morgan fingerprint density at radius 1 is 1.32 bits per heavy atom. The van der Waals surface area contributed by atoms with Crippen LogP contribution in [-0.2, 0) is 14.3 Å². The molecule has 1 saturated carbocycles. The van der Waals surface area contributed by atoms with E-state index < -0.39 is 11.9 Å². The van der Waals surface area contributed by atoms with Crippen molar-refractivity contribution in [1.29, 1.82) is 0 Å². The highest BCUT2D eigenvalue weighted by Gasteiger charge is 2.32. The molecule has 4 heteroatoms. The molecular weight excluding hydrogens is 244 g/mol. The number of carboxylic acids is 1. The first-order chi connectivity index (χ1) is 9.15. The molecule has 4 nitrogen and oxygen atoms in total. The topological polar surface area (TPSA) is 63.6 Å². The number of esters is 1. The quantitative estimate of drug-likeness (QED) is 0.396. The zero-order valence-corrected chi connectivity index (χ0v) is 11.5. The average molecular weight is 268 g/mol. The minimum atomic E-state index is -0.865. The van der Waals surface area contributed by atoms with Gasteiger partial charge in [-0.2, -0.15) is 0 Å². The van der Waals surface area contributed by atoms with Crippen molar-refractivity contribution in [3.05, 3.63) is 12.7 Å². The summed E-state index contributed by atoms with van der Waals surface area (Å²) in [6, 6.07) is 0. The van der Waals surface area contributed by atoms with Crippen molar-refractivity contribution in [2.75, 3.05) is 6.61 Å². The fraction of sp³-hybridized carbons (Fsp3) is 0.733. The lowest BCUT2D eigenvalue weighted by molar-refractivity contribution is -0.153. The highest BCUT2D eigenvalue weighted by atomic mass is 16.5. The van der Waals surface area contributed by atoms with Gasteiger partial charge in [0.05, 0.1) is 18.9 Å². The molecule has 19 heavy (non-hydrogen) atoms. The first-order valence-electron chi connectivity index (χ1n) is 7.14. The van der Waals surface area contributed by atoms with E-state index in [9.17, 15) is 14.7 Å². The van der Waals surface area contributed by atoms with Crippen molar-refractivity contribution < 1.29 is 19.4 Å². The molecule has 0 spiro atoms. The molecular formula is C15H24O4. The van der Waals surface area contributed by atoms with Crippen molar-refractivity contribution in [3.63, 3.8) is 0 Å². The van der Waals surface area contributed by atoms with Crippen molar-refractivity contribution >= 4 is 11.9 Å². The van der Waals surface area contributed by atoms with Gasteiger partial charge in [-0.1, -0.05) is 18.9 Å². The van der Waals surface area contributed by atoms with Crippen molar-refractivity contribution in [2.24, 2.45) is 11.8 Å². The molecule has 0 unspecified atom stereocenters. The fourth-order valence-corrected chi connectivity index (χ4v) is 2.63. The van der Waals surface area contributed by atoms with Crippen LogP contribution in [0.5, 0.6) is 0 Å². The lowest BCUT2D eigenvalue weighted by Crippen LogP contribution is -2.25. The number of aliphatic carboxylic acids is 1. The smallest absolute Gasteiger partial charge is 0.307 e. The van der Waals surface area contributed by atoms with E-state index in [4.69, 9.17) is 4.74 Å². The van der Waals surface area contributed by atoms with Gasteiger partial charge in [0.15, 0.2) is 0 Å². The summed E-state index contributed by atoms with van der Waals surface area (Å²) in [4.78, 5) is 22.9. The van der Waals surface area contributed by atoms with Gasteiger partial charge in [-0.15, -0.1) is 6.58 Å². The van der Waals surface area contributed by atoms with Crippen LogP contribution in [0.15, 0.2) is 12.7 Å². The Bertz CT molecular complexity index is 305. The van der Waals surface area contributed by atoms with Crippen LogP contribution in [0.2, 0.25) is 0 Å². The molecule has 1 atom stereocenters. The van der Waals surface area contributed by atoms with Gasteiger partial charge in [0, 0.05) is 0 Å². The third kappa shape index (κ3) is 5.90. The molecule has 1 fully saturated rings. The molecule has 0 aromatic rings. The predicted molar refractivity (Wildman–Crippen MR) is 72.7 cm³/mol. The van der Waals surface area contributed by atoms with Crippen molar-refractivity contribution in [2.45, 2.75) is 51.4 Å². The maximum Gasteiger partial charge on any atom is 0.307 e.